The van der Waals surface area contributed by atoms with Gasteiger partial charge in [-0.2, -0.15) is 4.31 Å². The Hall–Kier alpha value is -3.31. The van der Waals surface area contributed by atoms with Gasteiger partial charge in [-0.25, -0.2) is 13.2 Å². The topological polar surface area (TPSA) is 120 Å². The monoisotopic (exact) mass is 492 g/mol. The first kappa shape index (κ1) is 25.3. The van der Waals surface area contributed by atoms with Crippen molar-refractivity contribution in [3.8, 4) is 17.2 Å². The summed E-state index contributed by atoms with van der Waals surface area (Å²) in [5.74, 6) is -0.453. The van der Waals surface area contributed by atoms with Crippen molar-refractivity contribution in [1.29, 1.82) is 0 Å². The Morgan fingerprint density at radius 3 is 2.03 bits per heavy atom. The minimum absolute atomic E-state index is 0.120. The number of esters is 1. The lowest BCUT2D eigenvalue weighted by Crippen LogP contribution is -2.35. The number of hydrogen-bond acceptors (Lipinski definition) is 8. The second-order valence-electron chi connectivity index (χ2n) is 7.53. The Morgan fingerprint density at radius 2 is 1.50 bits per heavy atom. The lowest BCUT2D eigenvalue weighted by atomic mass is 10.2. The zero-order chi connectivity index (χ0) is 24.7. The van der Waals surface area contributed by atoms with Crippen molar-refractivity contribution in [3.63, 3.8) is 0 Å². The number of piperidine rings is 1. The van der Waals surface area contributed by atoms with Gasteiger partial charge in [-0.05, 0) is 49.2 Å². The Labute approximate surface area is 198 Å². The molecule has 1 amide bonds. The number of ether oxygens (including phenoxy) is 4. The van der Waals surface area contributed by atoms with Crippen molar-refractivity contribution in [2.24, 2.45) is 0 Å². The SMILES string of the molecule is COc1cc(C(=O)OCC(=O)Nc2ccc(S(=O)(=O)N3CCCCC3)cc2)cc(OC)c1OC. The van der Waals surface area contributed by atoms with Gasteiger partial charge in [0.1, 0.15) is 0 Å². The molecule has 1 saturated heterocycles. The molecular weight excluding hydrogens is 464 g/mol. The molecule has 0 saturated carbocycles. The van der Waals surface area contributed by atoms with Crippen molar-refractivity contribution in [2.45, 2.75) is 24.2 Å². The van der Waals surface area contributed by atoms with Crippen molar-refractivity contribution in [3.05, 3.63) is 42.0 Å². The predicted molar refractivity (Wildman–Crippen MR) is 124 cm³/mol. The first-order valence-corrected chi connectivity index (χ1v) is 12.1. The minimum atomic E-state index is -3.55. The summed E-state index contributed by atoms with van der Waals surface area (Å²) in [6, 6.07) is 8.72. The molecule has 0 spiro atoms. The van der Waals surface area contributed by atoms with Crippen LogP contribution in [0.2, 0.25) is 0 Å². The van der Waals surface area contributed by atoms with Crippen LogP contribution in [-0.2, 0) is 19.6 Å². The van der Waals surface area contributed by atoms with Gasteiger partial charge in [0.2, 0.25) is 15.8 Å². The van der Waals surface area contributed by atoms with E-state index in [1.165, 1.54) is 62.0 Å². The maximum Gasteiger partial charge on any atom is 0.338 e. The van der Waals surface area contributed by atoms with Gasteiger partial charge in [-0.15, -0.1) is 0 Å². The van der Waals surface area contributed by atoms with Gasteiger partial charge in [0.25, 0.3) is 5.91 Å². The van der Waals surface area contributed by atoms with Crippen LogP contribution < -0.4 is 19.5 Å². The Balaban J connectivity index is 1.59. The summed E-state index contributed by atoms with van der Waals surface area (Å²) < 4.78 is 47.6. The van der Waals surface area contributed by atoms with E-state index in [1.807, 2.05) is 0 Å². The number of benzene rings is 2. The average molecular weight is 493 g/mol. The van der Waals surface area contributed by atoms with Crippen LogP contribution in [-0.4, -0.2) is 65.6 Å². The van der Waals surface area contributed by atoms with E-state index in [0.29, 0.717) is 24.5 Å². The van der Waals surface area contributed by atoms with Crippen LogP contribution in [0.3, 0.4) is 0 Å². The lowest BCUT2D eigenvalue weighted by molar-refractivity contribution is -0.119. The molecule has 0 unspecified atom stereocenters. The zero-order valence-corrected chi connectivity index (χ0v) is 20.1. The van der Waals surface area contributed by atoms with E-state index in [9.17, 15) is 18.0 Å². The smallest absolute Gasteiger partial charge is 0.338 e. The number of rotatable bonds is 9. The largest absolute Gasteiger partial charge is 0.493 e. The van der Waals surface area contributed by atoms with Gasteiger partial charge in [0, 0.05) is 18.8 Å². The summed E-state index contributed by atoms with van der Waals surface area (Å²) in [6.07, 6.45) is 2.73. The van der Waals surface area contributed by atoms with E-state index in [0.717, 1.165) is 19.3 Å². The third-order valence-corrected chi connectivity index (χ3v) is 7.24. The second kappa shape index (κ2) is 11.2. The fourth-order valence-electron chi connectivity index (χ4n) is 3.57. The molecule has 2 aromatic rings. The molecule has 0 atom stereocenters. The fraction of sp³-hybridized carbons (Fsp3) is 0.391. The van der Waals surface area contributed by atoms with E-state index in [2.05, 4.69) is 5.32 Å². The molecule has 0 radical (unpaired) electrons. The summed E-state index contributed by atoms with van der Waals surface area (Å²) >= 11 is 0. The van der Waals surface area contributed by atoms with Crippen LogP contribution >= 0.6 is 0 Å². The summed E-state index contributed by atoms with van der Waals surface area (Å²) in [6.45, 7) is 0.486. The molecular formula is C23H28N2O8S. The van der Waals surface area contributed by atoms with E-state index in [4.69, 9.17) is 18.9 Å². The van der Waals surface area contributed by atoms with Crippen LogP contribution in [0, 0.1) is 0 Å². The number of nitrogens with zero attached hydrogens (tertiary/aromatic N) is 1. The van der Waals surface area contributed by atoms with E-state index >= 15 is 0 Å². The number of hydrogen-bond donors (Lipinski definition) is 1. The maximum atomic E-state index is 12.7. The van der Waals surface area contributed by atoms with Gasteiger partial charge >= 0.3 is 5.97 Å². The number of amides is 1. The number of sulfonamides is 1. The Morgan fingerprint density at radius 1 is 0.912 bits per heavy atom. The van der Waals surface area contributed by atoms with E-state index < -0.39 is 28.5 Å². The van der Waals surface area contributed by atoms with Gasteiger partial charge in [0.15, 0.2) is 18.1 Å². The molecule has 1 aliphatic heterocycles. The van der Waals surface area contributed by atoms with Crippen molar-refractivity contribution in [2.75, 3.05) is 46.3 Å². The fourth-order valence-corrected chi connectivity index (χ4v) is 5.09. The molecule has 3 rings (SSSR count). The molecule has 1 heterocycles. The van der Waals surface area contributed by atoms with Gasteiger partial charge in [-0.1, -0.05) is 6.42 Å². The third kappa shape index (κ3) is 5.78. The van der Waals surface area contributed by atoms with Gasteiger partial charge < -0.3 is 24.3 Å². The number of carbonyl (C=O) groups excluding carboxylic acids is 2. The van der Waals surface area contributed by atoms with Crippen molar-refractivity contribution >= 4 is 27.6 Å². The predicted octanol–water partition coefficient (Wildman–Crippen LogP) is 2.68. The molecule has 1 aliphatic rings. The van der Waals surface area contributed by atoms with Crippen LogP contribution in [0.15, 0.2) is 41.3 Å². The highest BCUT2D eigenvalue weighted by atomic mass is 32.2. The van der Waals surface area contributed by atoms with Crippen LogP contribution in [0.25, 0.3) is 0 Å². The lowest BCUT2D eigenvalue weighted by Gasteiger charge is -2.25. The Kier molecular flexibility index (Phi) is 8.35. The van der Waals surface area contributed by atoms with Gasteiger partial charge in [0.05, 0.1) is 31.8 Å². The Bertz CT molecular complexity index is 1100. The third-order valence-electron chi connectivity index (χ3n) is 5.33. The molecule has 184 valence electrons. The molecule has 10 nitrogen and oxygen atoms in total. The van der Waals surface area contributed by atoms with E-state index in [1.54, 1.807) is 0 Å². The molecule has 2 aromatic carbocycles. The molecule has 34 heavy (non-hydrogen) atoms. The second-order valence-corrected chi connectivity index (χ2v) is 9.47. The molecule has 0 aliphatic carbocycles. The molecule has 0 bridgehead atoms. The van der Waals surface area contributed by atoms with Crippen LogP contribution in [0.5, 0.6) is 17.2 Å². The maximum absolute atomic E-state index is 12.7. The number of methoxy groups -OCH3 is 3. The number of anilines is 1. The molecule has 11 heteroatoms. The zero-order valence-electron chi connectivity index (χ0n) is 19.3. The summed E-state index contributed by atoms with van der Waals surface area (Å²) in [5, 5.41) is 2.58. The highest BCUT2D eigenvalue weighted by molar-refractivity contribution is 7.89. The van der Waals surface area contributed by atoms with Gasteiger partial charge in [-0.3, -0.25) is 4.79 Å². The van der Waals surface area contributed by atoms with E-state index in [-0.39, 0.29) is 22.0 Å². The standard InChI is InChI=1S/C23H28N2O8S/c1-30-19-13-16(14-20(31-2)22(19)32-3)23(27)33-15-21(26)24-17-7-9-18(10-8-17)34(28,29)25-11-5-4-6-12-25/h7-10,13-14H,4-6,11-12,15H2,1-3H3,(H,24,26). The minimum Gasteiger partial charge on any atom is -0.493 e. The summed E-state index contributed by atoms with van der Waals surface area (Å²) in [5.41, 5.74) is 0.501. The first-order valence-electron chi connectivity index (χ1n) is 10.7. The van der Waals surface area contributed by atoms with Crippen LogP contribution in [0.1, 0.15) is 29.6 Å². The molecule has 0 aromatic heterocycles. The average Bonchev–Trinajstić information content (AvgIpc) is 2.87. The van der Waals surface area contributed by atoms with Crippen molar-refractivity contribution < 1.29 is 37.0 Å². The quantitative estimate of drug-likeness (QED) is 0.531. The van der Waals surface area contributed by atoms with Crippen molar-refractivity contribution in [1.82, 2.24) is 4.31 Å². The van der Waals surface area contributed by atoms with Crippen LogP contribution in [0.4, 0.5) is 5.69 Å². The highest BCUT2D eigenvalue weighted by Gasteiger charge is 2.25. The highest BCUT2D eigenvalue weighted by Crippen LogP contribution is 2.38. The molecule has 1 fully saturated rings. The summed E-state index contributed by atoms with van der Waals surface area (Å²) in [7, 11) is 0.728. The first-order chi connectivity index (χ1) is 16.3. The number of nitrogens with one attached hydrogen (secondary N) is 1. The summed E-state index contributed by atoms with van der Waals surface area (Å²) in [4.78, 5) is 24.8. The molecule has 1 N–H and O–H groups in total. The number of carbonyl (C=O) groups is 2. The normalized spacial score (nSPS) is 14.2.